The Morgan fingerprint density at radius 1 is 1.23 bits per heavy atom. The molecule has 0 unspecified atom stereocenters. The number of rotatable bonds is 3. The van der Waals surface area contributed by atoms with E-state index in [1.165, 1.54) is 12.8 Å². The molecule has 1 aliphatic heterocycles. The van der Waals surface area contributed by atoms with Gasteiger partial charge in [-0.1, -0.05) is 6.92 Å². The van der Waals surface area contributed by atoms with Crippen LogP contribution in [0.25, 0.3) is 22.4 Å². The van der Waals surface area contributed by atoms with Crippen LogP contribution in [0.2, 0.25) is 0 Å². The molecule has 3 aromatic heterocycles. The Labute approximate surface area is 129 Å². The van der Waals surface area contributed by atoms with Crippen molar-refractivity contribution < 1.29 is 0 Å². The Hall–Kier alpha value is -2.43. The fraction of sp³-hybridized carbons (Fsp3) is 0.353. The maximum Gasteiger partial charge on any atom is 0.164 e. The predicted molar refractivity (Wildman–Crippen MR) is 87.8 cm³/mol. The molecule has 1 fully saturated rings. The van der Waals surface area contributed by atoms with Gasteiger partial charge in [0.05, 0.1) is 5.39 Å². The lowest BCUT2D eigenvalue weighted by Gasteiger charge is -2.25. The molecule has 1 saturated heterocycles. The van der Waals surface area contributed by atoms with Crippen LogP contribution in [0.5, 0.6) is 0 Å². The Balaban J connectivity index is 1.88. The van der Waals surface area contributed by atoms with Gasteiger partial charge in [-0.15, -0.1) is 0 Å². The number of aromatic nitrogens is 4. The van der Waals surface area contributed by atoms with Crippen LogP contribution < -0.4 is 4.90 Å². The second kappa shape index (κ2) is 5.40. The molecular weight excluding hydrogens is 274 g/mol. The second-order valence-corrected chi connectivity index (χ2v) is 5.74. The van der Waals surface area contributed by atoms with Crippen molar-refractivity contribution in [1.29, 1.82) is 0 Å². The van der Waals surface area contributed by atoms with Crippen molar-refractivity contribution in [3.63, 3.8) is 0 Å². The number of nitrogens with one attached hydrogen (secondary N) is 1. The van der Waals surface area contributed by atoms with Crippen molar-refractivity contribution in [1.82, 2.24) is 19.9 Å². The highest BCUT2D eigenvalue weighted by Crippen LogP contribution is 2.32. The number of H-pyrrole nitrogens is 1. The summed E-state index contributed by atoms with van der Waals surface area (Å²) in [7, 11) is 0. The van der Waals surface area contributed by atoms with Crippen molar-refractivity contribution in [2.75, 3.05) is 11.4 Å². The first-order valence-corrected chi connectivity index (χ1v) is 7.89. The van der Waals surface area contributed by atoms with Crippen molar-refractivity contribution in [3.8, 4) is 11.4 Å². The Morgan fingerprint density at radius 2 is 2.09 bits per heavy atom. The second-order valence-electron chi connectivity index (χ2n) is 5.74. The van der Waals surface area contributed by atoms with Gasteiger partial charge in [0.1, 0.15) is 11.5 Å². The lowest BCUT2D eigenvalue weighted by molar-refractivity contribution is 0.642. The maximum atomic E-state index is 4.89. The molecule has 0 spiro atoms. The molecule has 22 heavy (non-hydrogen) atoms. The molecule has 5 nitrogen and oxygen atoms in total. The molecule has 0 bridgehead atoms. The maximum absolute atomic E-state index is 4.89. The summed E-state index contributed by atoms with van der Waals surface area (Å²) in [6.07, 6.45) is 9.14. The molecule has 0 aromatic carbocycles. The molecule has 0 aliphatic carbocycles. The third-order valence-corrected chi connectivity index (χ3v) is 4.45. The summed E-state index contributed by atoms with van der Waals surface area (Å²) in [5, 5.41) is 1.11. The monoisotopic (exact) mass is 293 g/mol. The fourth-order valence-electron chi connectivity index (χ4n) is 3.31. The first-order valence-electron chi connectivity index (χ1n) is 7.89. The minimum Gasteiger partial charge on any atom is -0.353 e. The summed E-state index contributed by atoms with van der Waals surface area (Å²) in [6, 6.07) is 6.56. The summed E-state index contributed by atoms with van der Waals surface area (Å²) in [5.74, 6) is 1.82. The van der Waals surface area contributed by atoms with Gasteiger partial charge < -0.3 is 9.88 Å². The standard InChI is InChI=1S/C17H19N5/c1-2-13-4-3-11-22(13)17-14-7-10-19-16(14)20-15(21-17)12-5-8-18-9-6-12/h5-10,13H,2-4,11H2,1H3,(H,19,20,21)/t13-/m0/s1. The van der Waals surface area contributed by atoms with Gasteiger partial charge >= 0.3 is 0 Å². The van der Waals surface area contributed by atoms with Gasteiger partial charge in [-0.3, -0.25) is 4.98 Å². The van der Waals surface area contributed by atoms with E-state index >= 15 is 0 Å². The highest BCUT2D eigenvalue weighted by Gasteiger charge is 2.26. The van der Waals surface area contributed by atoms with E-state index in [9.17, 15) is 0 Å². The quantitative estimate of drug-likeness (QED) is 0.804. The normalized spacial score (nSPS) is 18.2. The van der Waals surface area contributed by atoms with Crippen LogP contribution in [-0.4, -0.2) is 32.5 Å². The number of anilines is 1. The molecule has 0 radical (unpaired) electrons. The molecule has 3 aromatic rings. The molecule has 112 valence electrons. The average Bonchev–Trinajstić information content (AvgIpc) is 3.23. The molecular formula is C17H19N5. The van der Waals surface area contributed by atoms with Gasteiger partial charge in [-0.25, -0.2) is 9.97 Å². The molecule has 1 N–H and O–H groups in total. The lowest BCUT2D eigenvalue weighted by atomic mass is 10.1. The molecule has 5 heteroatoms. The minimum atomic E-state index is 0.582. The van der Waals surface area contributed by atoms with E-state index in [2.05, 4.69) is 32.8 Å². The zero-order chi connectivity index (χ0) is 14.9. The van der Waals surface area contributed by atoms with E-state index in [0.29, 0.717) is 6.04 Å². The Bertz CT molecular complexity index is 780. The van der Waals surface area contributed by atoms with Crippen LogP contribution in [0.3, 0.4) is 0 Å². The number of pyridine rings is 1. The molecule has 0 saturated carbocycles. The van der Waals surface area contributed by atoms with Crippen LogP contribution in [0.15, 0.2) is 36.8 Å². The highest BCUT2D eigenvalue weighted by atomic mass is 15.2. The lowest BCUT2D eigenvalue weighted by Crippen LogP contribution is -2.29. The van der Waals surface area contributed by atoms with Crippen LogP contribution in [0, 0.1) is 0 Å². The topological polar surface area (TPSA) is 57.7 Å². The summed E-state index contributed by atoms with van der Waals surface area (Å²) in [5.41, 5.74) is 1.90. The van der Waals surface area contributed by atoms with Crippen molar-refractivity contribution >= 4 is 16.9 Å². The van der Waals surface area contributed by atoms with Crippen molar-refractivity contribution in [3.05, 3.63) is 36.8 Å². The summed E-state index contributed by atoms with van der Waals surface area (Å²) >= 11 is 0. The van der Waals surface area contributed by atoms with Crippen molar-refractivity contribution in [2.24, 2.45) is 0 Å². The first-order chi connectivity index (χ1) is 10.9. The van der Waals surface area contributed by atoms with Gasteiger partial charge in [0.15, 0.2) is 5.82 Å². The number of fused-ring (bicyclic) bond motifs is 1. The minimum absolute atomic E-state index is 0.582. The van der Waals surface area contributed by atoms with Gasteiger partial charge in [-0.05, 0) is 37.5 Å². The zero-order valence-corrected chi connectivity index (χ0v) is 12.7. The summed E-state index contributed by atoms with van der Waals surface area (Å²) in [6.45, 7) is 3.33. The van der Waals surface area contributed by atoms with E-state index in [1.54, 1.807) is 12.4 Å². The van der Waals surface area contributed by atoms with Gasteiger partial charge in [0.25, 0.3) is 0 Å². The number of aromatic amines is 1. The number of nitrogens with zero attached hydrogens (tertiary/aromatic N) is 4. The largest absolute Gasteiger partial charge is 0.353 e. The van der Waals surface area contributed by atoms with E-state index in [1.807, 2.05) is 18.3 Å². The van der Waals surface area contributed by atoms with Crippen LogP contribution >= 0.6 is 0 Å². The van der Waals surface area contributed by atoms with E-state index < -0.39 is 0 Å². The van der Waals surface area contributed by atoms with E-state index in [4.69, 9.17) is 4.98 Å². The Morgan fingerprint density at radius 3 is 2.91 bits per heavy atom. The third kappa shape index (κ3) is 2.13. The van der Waals surface area contributed by atoms with Gasteiger partial charge in [0.2, 0.25) is 0 Å². The number of hydrogen-bond acceptors (Lipinski definition) is 4. The molecule has 1 atom stereocenters. The van der Waals surface area contributed by atoms with Crippen LogP contribution in [0.4, 0.5) is 5.82 Å². The van der Waals surface area contributed by atoms with E-state index in [0.717, 1.165) is 41.2 Å². The van der Waals surface area contributed by atoms with Crippen molar-refractivity contribution in [2.45, 2.75) is 32.2 Å². The van der Waals surface area contributed by atoms with Crippen LogP contribution in [0.1, 0.15) is 26.2 Å². The Kier molecular flexibility index (Phi) is 3.25. The average molecular weight is 293 g/mol. The van der Waals surface area contributed by atoms with Crippen LogP contribution in [-0.2, 0) is 0 Å². The predicted octanol–water partition coefficient (Wildman–Crippen LogP) is 3.40. The fourth-order valence-corrected chi connectivity index (χ4v) is 3.31. The van der Waals surface area contributed by atoms with Gasteiger partial charge in [0, 0.05) is 36.7 Å². The summed E-state index contributed by atoms with van der Waals surface area (Å²) in [4.78, 5) is 19.3. The molecule has 0 amide bonds. The van der Waals surface area contributed by atoms with Gasteiger partial charge in [-0.2, -0.15) is 0 Å². The molecule has 4 rings (SSSR count). The smallest absolute Gasteiger partial charge is 0.164 e. The van der Waals surface area contributed by atoms with E-state index in [-0.39, 0.29) is 0 Å². The highest BCUT2D eigenvalue weighted by molar-refractivity contribution is 5.89. The number of hydrogen-bond donors (Lipinski definition) is 1. The third-order valence-electron chi connectivity index (χ3n) is 4.45. The summed E-state index contributed by atoms with van der Waals surface area (Å²) < 4.78 is 0. The first kappa shape index (κ1) is 13.2. The molecule has 4 heterocycles. The molecule has 1 aliphatic rings. The zero-order valence-electron chi connectivity index (χ0n) is 12.7. The SMILES string of the molecule is CC[C@H]1CCCN1c1nc(-c2ccncc2)nc2[nH]ccc12.